The quantitative estimate of drug-likeness (QED) is 0.362. The van der Waals surface area contributed by atoms with Crippen LogP contribution >= 0.6 is 47.0 Å². The number of thiocarbonyl (C=S) groups is 1. The van der Waals surface area contributed by atoms with Gasteiger partial charge in [0.05, 0.1) is 10.7 Å². The Balaban J connectivity index is 1.98. The number of carbonyl (C=O) groups excluding carboxylic acids is 2. The summed E-state index contributed by atoms with van der Waals surface area (Å²) in [6.45, 7) is 1.92. The number of rotatable bonds is 6. The number of halogens is 3. The van der Waals surface area contributed by atoms with Gasteiger partial charge in [0.25, 0.3) is 0 Å². The van der Waals surface area contributed by atoms with Crippen molar-refractivity contribution in [1.82, 2.24) is 5.32 Å². The molecule has 0 aliphatic heterocycles. The molecule has 9 heteroatoms. The highest BCUT2D eigenvalue weighted by Crippen LogP contribution is 2.26. The van der Waals surface area contributed by atoms with Gasteiger partial charge < -0.3 is 10.6 Å². The van der Waals surface area contributed by atoms with E-state index < -0.39 is 5.91 Å². The van der Waals surface area contributed by atoms with Crippen LogP contribution in [0.4, 0.5) is 11.4 Å². The fraction of sp³-hybridized carbons (Fsp3) is 0.150. The van der Waals surface area contributed by atoms with Crippen molar-refractivity contribution in [3.8, 4) is 0 Å². The third kappa shape index (κ3) is 7.66. The van der Waals surface area contributed by atoms with Gasteiger partial charge >= 0.3 is 0 Å². The Morgan fingerprint density at radius 1 is 1.03 bits per heavy atom. The molecule has 0 bridgehead atoms. The Bertz CT molecular complexity index is 964. The highest BCUT2D eigenvalue weighted by Gasteiger charge is 2.08. The molecule has 0 aromatic heterocycles. The number of hydrogen-bond donors (Lipinski definition) is 3. The fourth-order valence-corrected chi connectivity index (χ4v) is 3.11. The van der Waals surface area contributed by atoms with Crippen LogP contribution in [0.5, 0.6) is 0 Å². The molecule has 0 atom stereocenters. The normalized spacial score (nSPS) is 10.6. The van der Waals surface area contributed by atoms with Gasteiger partial charge in [-0.2, -0.15) is 0 Å². The zero-order valence-corrected chi connectivity index (χ0v) is 18.5. The second-order valence-electron chi connectivity index (χ2n) is 5.94. The van der Waals surface area contributed by atoms with Crippen molar-refractivity contribution in [1.29, 1.82) is 0 Å². The molecule has 2 aromatic carbocycles. The van der Waals surface area contributed by atoms with E-state index in [4.69, 9.17) is 47.0 Å². The number of hydrogen-bond acceptors (Lipinski definition) is 3. The third-order valence-corrected chi connectivity index (χ3v) is 4.69. The van der Waals surface area contributed by atoms with E-state index in [2.05, 4.69) is 16.0 Å². The molecule has 0 spiro atoms. The van der Waals surface area contributed by atoms with Crippen LogP contribution in [-0.4, -0.2) is 16.9 Å². The lowest BCUT2D eigenvalue weighted by atomic mass is 10.2. The standard InChI is InChI=1S/C20H18Cl3N3O2S/c1-2-3-18(27)24-14-7-8-15(22)17(11-14)25-20(29)26-19(28)9-5-12-4-6-13(21)10-16(12)23/h4-11H,2-3H2,1H3,(H,24,27)(H2,25,26,28,29)/b9-5+. The largest absolute Gasteiger partial charge is 0.331 e. The molecule has 29 heavy (non-hydrogen) atoms. The first-order chi connectivity index (χ1) is 13.8. The van der Waals surface area contributed by atoms with E-state index in [-0.39, 0.29) is 11.0 Å². The van der Waals surface area contributed by atoms with Crippen LogP contribution in [0.15, 0.2) is 42.5 Å². The maximum absolute atomic E-state index is 12.1. The zero-order valence-electron chi connectivity index (χ0n) is 15.4. The smallest absolute Gasteiger partial charge is 0.250 e. The summed E-state index contributed by atoms with van der Waals surface area (Å²) < 4.78 is 0. The number of benzene rings is 2. The lowest BCUT2D eigenvalue weighted by Gasteiger charge is -2.12. The van der Waals surface area contributed by atoms with Crippen molar-refractivity contribution in [3.05, 3.63) is 63.1 Å². The highest BCUT2D eigenvalue weighted by molar-refractivity contribution is 7.80. The average molecular weight is 471 g/mol. The molecule has 2 rings (SSSR count). The van der Waals surface area contributed by atoms with Crippen LogP contribution in [0.2, 0.25) is 15.1 Å². The predicted octanol–water partition coefficient (Wildman–Crippen LogP) is 5.91. The lowest BCUT2D eigenvalue weighted by molar-refractivity contribution is -0.116. The van der Waals surface area contributed by atoms with Crippen LogP contribution in [-0.2, 0) is 9.59 Å². The molecule has 0 unspecified atom stereocenters. The molecule has 0 radical (unpaired) electrons. The van der Waals surface area contributed by atoms with Gasteiger partial charge in [0.15, 0.2) is 5.11 Å². The summed E-state index contributed by atoms with van der Waals surface area (Å²) in [5, 5.41) is 9.51. The van der Waals surface area contributed by atoms with Crippen LogP contribution < -0.4 is 16.0 Å². The molecule has 2 amide bonds. The van der Waals surface area contributed by atoms with Gasteiger partial charge in [-0.25, -0.2) is 0 Å². The molecule has 0 saturated heterocycles. The molecule has 0 fully saturated rings. The minimum absolute atomic E-state index is 0.0563. The van der Waals surface area contributed by atoms with E-state index in [1.807, 2.05) is 6.92 Å². The summed E-state index contributed by atoms with van der Waals surface area (Å²) in [5.74, 6) is -0.542. The number of nitrogens with one attached hydrogen (secondary N) is 3. The van der Waals surface area contributed by atoms with Gasteiger partial charge in [-0.15, -0.1) is 0 Å². The number of anilines is 2. The van der Waals surface area contributed by atoms with Crippen LogP contribution in [0, 0.1) is 0 Å². The number of amides is 2. The van der Waals surface area contributed by atoms with Gasteiger partial charge in [0, 0.05) is 28.2 Å². The van der Waals surface area contributed by atoms with Crippen LogP contribution in [0.1, 0.15) is 25.3 Å². The summed E-state index contributed by atoms with van der Waals surface area (Å²) in [5.41, 5.74) is 1.67. The van der Waals surface area contributed by atoms with Crippen LogP contribution in [0.3, 0.4) is 0 Å². The van der Waals surface area contributed by atoms with E-state index in [0.717, 1.165) is 6.42 Å². The number of carbonyl (C=O) groups is 2. The Kier molecular flexibility index (Phi) is 8.92. The second-order valence-corrected chi connectivity index (χ2v) is 7.59. The first-order valence-corrected chi connectivity index (χ1v) is 10.2. The van der Waals surface area contributed by atoms with E-state index in [9.17, 15) is 9.59 Å². The van der Waals surface area contributed by atoms with Crippen molar-refractivity contribution < 1.29 is 9.59 Å². The van der Waals surface area contributed by atoms with E-state index in [1.54, 1.807) is 42.5 Å². The van der Waals surface area contributed by atoms with E-state index >= 15 is 0 Å². The zero-order chi connectivity index (χ0) is 21.4. The second kappa shape index (κ2) is 11.2. The third-order valence-electron chi connectivity index (χ3n) is 3.59. The molecular weight excluding hydrogens is 453 g/mol. The Hall–Kier alpha value is -2.12. The Morgan fingerprint density at radius 3 is 2.48 bits per heavy atom. The molecule has 3 N–H and O–H groups in total. The van der Waals surface area contributed by atoms with Crippen LogP contribution in [0.25, 0.3) is 6.08 Å². The predicted molar refractivity (Wildman–Crippen MR) is 125 cm³/mol. The first-order valence-electron chi connectivity index (χ1n) is 8.63. The Morgan fingerprint density at radius 2 is 1.79 bits per heavy atom. The summed E-state index contributed by atoms with van der Waals surface area (Å²) in [6, 6.07) is 9.90. The topological polar surface area (TPSA) is 70.2 Å². The van der Waals surface area contributed by atoms with E-state index in [0.29, 0.717) is 38.4 Å². The summed E-state index contributed by atoms with van der Waals surface area (Å²) >= 11 is 23.2. The van der Waals surface area contributed by atoms with Gasteiger partial charge in [-0.05, 0) is 60.6 Å². The minimum Gasteiger partial charge on any atom is -0.331 e. The van der Waals surface area contributed by atoms with Gasteiger partial charge in [0.2, 0.25) is 11.8 Å². The van der Waals surface area contributed by atoms with Crippen molar-refractivity contribution >= 4 is 81.4 Å². The molecule has 2 aromatic rings. The fourth-order valence-electron chi connectivity index (χ4n) is 2.26. The van der Waals surface area contributed by atoms with Crippen molar-refractivity contribution in [2.45, 2.75) is 19.8 Å². The molecule has 0 aliphatic carbocycles. The summed E-state index contributed by atoms with van der Waals surface area (Å²) in [6.07, 6.45) is 4.01. The molecule has 0 saturated carbocycles. The monoisotopic (exact) mass is 469 g/mol. The molecular formula is C20H18Cl3N3O2S. The molecule has 5 nitrogen and oxygen atoms in total. The molecule has 0 aliphatic rings. The van der Waals surface area contributed by atoms with Crippen molar-refractivity contribution in [2.24, 2.45) is 0 Å². The summed E-state index contributed by atoms with van der Waals surface area (Å²) in [4.78, 5) is 23.8. The molecule has 152 valence electrons. The average Bonchev–Trinajstić information content (AvgIpc) is 2.64. The lowest BCUT2D eigenvalue weighted by Crippen LogP contribution is -2.32. The van der Waals surface area contributed by atoms with E-state index in [1.165, 1.54) is 6.08 Å². The van der Waals surface area contributed by atoms with Gasteiger partial charge in [0.1, 0.15) is 0 Å². The maximum Gasteiger partial charge on any atom is 0.250 e. The SMILES string of the molecule is CCCC(=O)Nc1ccc(Cl)c(NC(=S)NC(=O)/C=C/c2ccc(Cl)cc2Cl)c1. The molecule has 0 heterocycles. The van der Waals surface area contributed by atoms with Crippen molar-refractivity contribution in [2.75, 3.05) is 10.6 Å². The Labute approximate surface area is 189 Å². The van der Waals surface area contributed by atoms with Crippen molar-refractivity contribution in [3.63, 3.8) is 0 Å². The first kappa shape index (κ1) is 23.2. The maximum atomic E-state index is 12.1. The van der Waals surface area contributed by atoms with Gasteiger partial charge in [-0.1, -0.05) is 47.8 Å². The summed E-state index contributed by atoms with van der Waals surface area (Å²) in [7, 11) is 0. The minimum atomic E-state index is -0.447. The van der Waals surface area contributed by atoms with Gasteiger partial charge in [-0.3, -0.25) is 14.9 Å². The highest BCUT2D eigenvalue weighted by atomic mass is 35.5.